The highest BCUT2D eigenvalue weighted by atomic mass is 35.5. The van der Waals surface area contributed by atoms with E-state index in [0.29, 0.717) is 18.0 Å². The summed E-state index contributed by atoms with van der Waals surface area (Å²) < 4.78 is 26.5. The molecule has 1 aliphatic rings. The zero-order valence-electron chi connectivity index (χ0n) is 11.8. The largest absolute Gasteiger partial charge is 0.327 e. The molecule has 0 radical (unpaired) electrons. The second kappa shape index (κ2) is 7.41. The molecule has 4 nitrogen and oxygen atoms in total. The summed E-state index contributed by atoms with van der Waals surface area (Å²) in [6.07, 6.45) is 3.79. The van der Waals surface area contributed by atoms with Gasteiger partial charge in [-0.05, 0) is 37.0 Å². The Balaban J connectivity index is 0.00000200. The summed E-state index contributed by atoms with van der Waals surface area (Å²) in [5.41, 5.74) is 7.04. The maximum absolute atomic E-state index is 12.5. The molecule has 2 rings (SSSR count). The molecule has 1 unspecified atom stereocenters. The van der Waals surface area contributed by atoms with Crippen LogP contribution in [0.25, 0.3) is 0 Å². The maximum Gasteiger partial charge on any atom is 0.243 e. The Kier molecular flexibility index (Phi) is 6.45. The molecule has 0 aromatic heterocycles. The first-order valence-electron chi connectivity index (χ1n) is 6.88. The first-order valence-corrected chi connectivity index (χ1v) is 8.32. The van der Waals surface area contributed by atoms with E-state index in [9.17, 15) is 8.42 Å². The topological polar surface area (TPSA) is 63.4 Å². The van der Waals surface area contributed by atoms with Gasteiger partial charge in [0.1, 0.15) is 0 Å². The standard InChI is InChI=1S/C14H22N2O2S.ClH/c1-2-4-12-6-8-14(9-7-12)19(17,18)16-10-3-5-13(15)11-16;/h6-9,13H,2-5,10-11,15H2,1H3;1H. The quantitative estimate of drug-likeness (QED) is 0.925. The summed E-state index contributed by atoms with van der Waals surface area (Å²) in [6.45, 7) is 3.12. The van der Waals surface area contributed by atoms with Gasteiger partial charge in [0.05, 0.1) is 4.90 Å². The summed E-state index contributed by atoms with van der Waals surface area (Å²) in [5.74, 6) is 0. The van der Waals surface area contributed by atoms with Crippen molar-refractivity contribution in [1.82, 2.24) is 4.31 Å². The van der Waals surface area contributed by atoms with Crippen LogP contribution in [-0.2, 0) is 16.4 Å². The number of benzene rings is 1. The lowest BCUT2D eigenvalue weighted by atomic mass is 10.1. The van der Waals surface area contributed by atoms with E-state index < -0.39 is 10.0 Å². The SMILES string of the molecule is CCCc1ccc(S(=O)(=O)N2CCCC(N)C2)cc1.Cl. The lowest BCUT2D eigenvalue weighted by molar-refractivity contribution is 0.316. The van der Waals surface area contributed by atoms with E-state index in [-0.39, 0.29) is 18.4 Å². The Bertz CT molecular complexity index is 516. The Labute approximate surface area is 127 Å². The molecule has 1 aromatic rings. The normalized spacial score (nSPS) is 20.4. The molecular weight excluding hydrogens is 296 g/mol. The van der Waals surface area contributed by atoms with E-state index >= 15 is 0 Å². The molecule has 1 aliphatic heterocycles. The van der Waals surface area contributed by atoms with Crippen LogP contribution in [0.2, 0.25) is 0 Å². The molecule has 1 aromatic carbocycles. The highest BCUT2D eigenvalue weighted by molar-refractivity contribution is 7.89. The molecule has 2 N–H and O–H groups in total. The Morgan fingerprint density at radius 2 is 1.95 bits per heavy atom. The Hall–Kier alpha value is -0.620. The minimum absolute atomic E-state index is 0. The van der Waals surface area contributed by atoms with Gasteiger partial charge in [-0.3, -0.25) is 0 Å². The number of piperidine rings is 1. The molecule has 6 heteroatoms. The van der Waals surface area contributed by atoms with Crippen LogP contribution < -0.4 is 5.73 Å². The van der Waals surface area contributed by atoms with Crippen molar-refractivity contribution < 1.29 is 8.42 Å². The van der Waals surface area contributed by atoms with Crippen molar-refractivity contribution >= 4 is 22.4 Å². The number of aryl methyl sites for hydroxylation is 1. The average Bonchev–Trinajstić information content (AvgIpc) is 2.40. The zero-order chi connectivity index (χ0) is 13.9. The molecule has 0 saturated carbocycles. The summed E-state index contributed by atoms with van der Waals surface area (Å²) in [5, 5.41) is 0. The van der Waals surface area contributed by atoms with Gasteiger partial charge in [-0.25, -0.2) is 8.42 Å². The number of hydrogen-bond acceptors (Lipinski definition) is 3. The highest BCUT2D eigenvalue weighted by Crippen LogP contribution is 2.20. The first-order chi connectivity index (χ1) is 9.04. The second-order valence-electron chi connectivity index (χ2n) is 5.16. The number of hydrogen-bond donors (Lipinski definition) is 1. The first kappa shape index (κ1) is 17.4. The van der Waals surface area contributed by atoms with Gasteiger partial charge < -0.3 is 5.73 Å². The lowest BCUT2D eigenvalue weighted by Crippen LogP contribution is -2.45. The molecule has 0 spiro atoms. The molecule has 0 amide bonds. The van der Waals surface area contributed by atoms with Gasteiger partial charge in [-0.2, -0.15) is 4.31 Å². The summed E-state index contributed by atoms with van der Waals surface area (Å²) in [6, 6.07) is 7.18. The van der Waals surface area contributed by atoms with E-state index in [0.717, 1.165) is 25.7 Å². The summed E-state index contributed by atoms with van der Waals surface area (Å²) in [7, 11) is -3.37. The fourth-order valence-electron chi connectivity index (χ4n) is 2.46. The fraction of sp³-hybridized carbons (Fsp3) is 0.571. The molecule has 1 fully saturated rings. The van der Waals surface area contributed by atoms with E-state index in [1.807, 2.05) is 12.1 Å². The average molecular weight is 319 g/mol. The van der Waals surface area contributed by atoms with Crippen molar-refractivity contribution in [3.05, 3.63) is 29.8 Å². The number of rotatable bonds is 4. The van der Waals surface area contributed by atoms with E-state index in [4.69, 9.17) is 5.73 Å². The zero-order valence-corrected chi connectivity index (χ0v) is 13.4. The van der Waals surface area contributed by atoms with Gasteiger partial charge in [-0.15, -0.1) is 12.4 Å². The molecule has 20 heavy (non-hydrogen) atoms. The third kappa shape index (κ3) is 3.95. The highest BCUT2D eigenvalue weighted by Gasteiger charge is 2.28. The van der Waals surface area contributed by atoms with Crippen LogP contribution in [0.4, 0.5) is 0 Å². The van der Waals surface area contributed by atoms with Crippen LogP contribution in [0.5, 0.6) is 0 Å². The van der Waals surface area contributed by atoms with Gasteiger partial charge in [0.25, 0.3) is 0 Å². The van der Waals surface area contributed by atoms with Crippen LogP contribution in [0.1, 0.15) is 31.7 Å². The van der Waals surface area contributed by atoms with Crippen molar-refractivity contribution in [1.29, 1.82) is 0 Å². The summed E-state index contributed by atoms with van der Waals surface area (Å²) >= 11 is 0. The number of nitrogens with two attached hydrogens (primary N) is 1. The van der Waals surface area contributed by atoms with Crippen molar-refractivity contribution in [2.75, 3.05) is 13.1 Å². The van der Waals surface area contributed by atoms with Crippen LogP contribution in [0, 0.1) is 0 Å². The van der Waals surface area contributed by atoms with E-state index in [1.165, 1.54) is 9.87 Å². The fourth-order valence-corrected chi connectivity index (χ4v) is 3.99. The monoisotopic (exact) mass is 318 g/mol. The van der Waals surface area contributed by atoms with Crippen LogP contribution in [0.15, 0.2) is 29.2 Å². The van der Waals surface area contributed by atoms with Gasteiger partial charge in [0.15, 0.2) is 0 Å². The Morgan fingerprint density at radius 1 is 1.30 bits per heavy atom. The van der Waals surface area contributed by atoms with E-state index in [1.54, 1.807) is 12.1 Å². The van der Waals surface area contributed by atoms with Gasteiger partial charge in [0.2, 0.25) is 10.0 Å². The number of halogens is 1. The molecule has 1 atom stereocenters. The van der Waals surface area contributed by atoms with Crippen molar-refractivity contribution in [2.45, 2.75) is 43.5 Å². The minimum atomic E-state index is -3.37. The third-order valence-corrected chi connectivity index (χ3v) is 5.40. The smallest absolute Gasteiger partial charge is 0.243 e. The van der Waals surface area contributed by atoms with Crippen molar-refractivity contribution in [3.8, 4) is 0 Å². The lowest BCUT2D eigenvalue weighted by Gasteiger charge is -2.29. The molecule has 0 bridgehead atoms. The third-order valence-electron chi connectivity index (χ3n) is 3.52. The summed E-state index contributed by atoms with van der Waals surface area (Å²) in [4.78, 5) is 0.376. The number of sulfonamides is 1. The molecule has 1 saturated heterocycles. The van der Waals surface area contributed by atoms with Gasteiger partial charge >= 0.3 is 0 Å². The molecule has 0 aliphatic carbocycles. The van der Waals surface area contributed by atoms with Crippen molar-refractivity contribution in [3.63, 3.8) is 0 Å². The van der Waals surface area contributed by atoms with E-state index in [2.05, 4.69) is 6.92 Å². The van der Waals surface area contributed by atoms with Crippen LogP contribution in [0.3, 0.4) is 0 Å². The van der Waals surface area contributed by atoms with Gasteiger partial charge in [-0.1, -0.05) is 25.5 Å². The number of nitrogens with zero attached hydrogens (tertiary/aromatic N) is 1. The maximum atomic E-state index is 12.5. The predicted molar refractivity (Wildman–Crippen MR) is 83.7 cm³/mol. The molecule has 1 heterocycles. The minimum Gasteiger partial charge on any atom is -0.327 e. The predicted octanol–water partition coefficient (Wildman–Crippen LogP) is 2.17. The van der Waals surface area contributed by atoms with Gasteiger partial charge in [0, 0.05) is 19.1 Å². The van der Waals surface area contributed by atoms with Crippen LogP contribution in [-0.4, -0.2) is 31.9 Å². The molecular formula is C14H23ClN2O2S. The second-order valence-corrected chi connectivity index (χ2v) is 7.10. The molecule has 114 valence electrons. The van der Waals surface area contributed by atoms with Crippen LogP contribution >= 0.6 is 12.4 Å². The Morgan fingerprint density at radius 3 is 2.50 bits per heavy atom. The van der Waals surface area contributed by atoms with Crippen molar-refractivity contribution in [2.24, 2.45) is 5.73 Å².